The van der Waals surface area contributed by atoms with Crippen molar-refractivity contribution in [1.82, 2.24) is 0 Å². The van der Waals surface area contributed by atoms with Crippen LogP contribution >= 0.6 is 0 Å². The Kier molecular flexibility index (Phi) is 3.46. The first kappa shape index (κ1) is 7.64. The van der Waals surface area contributed by atoms with E-state index in [9.17, 15) is 16.8 Å². The van der Waals surface area contributed by atoms with E-state index in [1.165, 1.54) is 0 Å². The third-order valence-electron chi connectivity index (χ3n) is 0.310. The standard InChI is InChI=1S/C2H4O4S2/c3-7(4)1-2-8(5)6/h1-2,7-8H/b2-1+. The minimum absolute atomic E-state index is 0.598. The van der Waals surface area contributed by atoms with Gasteiger partial charge in [-0.15, -0.1) is 0 Å². The molecule has 8 heavy (non-hydrogen) atoms. The third kappa shape index (κ3) is 5.64. The van der Waals surface area contributed by atoms with Gasteiger partial charge in [-0.3, -0.25) is 0 Å². The van der Waals surface area contributed by atoms with Crippen LogP contribution in [0.25, 0.3) is 0 Å². The Hall–Kier alpha value is -0.360. The Morgan fingerprint density at radius 2 is 1.00 bits per heavy atom. The van der Waals surface area contributed by atoms with E-state index in [0.29, 0.717) is 10.8 Å². The van der Waals surface area contributed by atoms with Gasteiger partial charge in [0.2, 0.25) is 0 Å². The number of hydrogen-bond acceptors (Lipinski definition) is 4. The summed E-state index contributed by atoms with van der Waals surface area (Å²) in [5.41, 5.74) is 0. The summed E-state index contributed by atoms with van der Waals surface area (Å²) < 4.78 is 38.3. The van der Waals surface area contributed by atoms with Gasteiger partial charge in [0, 0.05) is 10.8 Å². The van der Waals surface area contributed by atoms with E-state index < -0.39 is 21.4 Å². The van der Waals surface area contributed by atoms with Gasteiger partial charge in [0.05, 0.1) is 0 Å². The summed E-state index contributed by atoms with van der Waals surface area (Å²) in [5, 5.41) is 1.20. The third-order valence-corrected chi connectivity index (χ3v) is 1.33. The van der Waals surface area contributed by atoms with Crippen molar-refractivity contribution in [3.8, 4) is 0 Å². The molecule has 0 saturated heterocycles. The highest BCUT2D eigenvalue weighted by Crippen LogP contribution is 1.70. The van der Waals surface area contributed by atoms with E-state index in [1.807, 2.05) is 0 Å². The number of hydrogen-bond donors (Lipinski definition) is 2. The van der Waals surface area contributed by atoms with Crippen LogP contribution in [0.3, 0.4) is 0 Å². The van der Waals surface area contributed by atoms with E-state index in [-0.39, 0.29) is 0 Å². The lowest BCUT2D eigenvalue weighted by molar-refractivity contribution is 0.618. The van der Waals surface area contributed by atoms with Crippen LogP contribution in [0.15, 0.2) is 10.8 Å². The fourth-order valence-corrected chi connectivity index (χ4v) is 0.980. The van der Waals surface area contributed by atoms with E-state index in [2.05, 4.69) is 0 Å². The van der Waals surface area contributed by atoms with Crippen LogP contribution in [0.1, 0.15) is 0 Å². The molecule has 0 aromatic carbocycles. The van der Waals surface area contributed by atoms with Crippen molar-refractivity contribution < 1.29 is 16.8 Å². The fourth-order valence-electron chi connectivity index (χ4n) is 0.109. The van der Waals surface area contributed by atoms with Crippen LogP contribution in [-0.2, 0) is 21.4 Å². The van der Waals surface area contributed by atoms with Gasteiger partial charge >= 0.3 is 0 Å². The maximum Gasteiger partial charge on any atom is 0.162 e. The second-order valence-electron chi connectivity index (χ2n) is 0.869. The van der Waals surface area contributed by atoms with Crippen LogP contribution in [0.4, 0.5) is 0 Å². The molecule has 0 rings (SSSR count). The van der Waals surface area contributed by atoms with Gasteiger partial charge in [-0.1, -0.05) is 0 Å². The average molecular weight is 156 g/mol. The lowest BCUT2D eigenvalue weighted by Gasteiger charge is -1.61. The molecule has 4 nitrogen and oxygen atoms in total. The van der Waals surface area contributed by atoms with Crippen molar-refractivity contribution >= 4 is 21.4 Å². The first-order chi connectivity index (χ1) is 3.63. The fraction of sp³-hybridized carbons (Fsp3) is 0. The molecule has 0 fully saturated rings. The minimum atomic E-state index is -2.70. The smallest absolute Gasteiger partial charge is 0.162 e. The normalized spacial score (nSPS) is 11.8. The highest BCUT2D eigenvalue weighted by molar-refractivity contribution is 7.79. The zero-order valence-corrected chi connectivity index (χ0v) is 5.47. The first-order valence-electron chi connectivity index (χ1n) is 1.58. The molecular formula is C2H4O4S2. The highest BCUT2D eigenvalue weighted by atomic mass is 32.2. The molecule has 0 amide bonds. The molecule has 0 aromatic heterocycles. The van der Waals surface area contributed by atoms with Crippen LogP contribution in [0.5, 0.6) is 0 Å². The molecule has 0 aliphatic carbocycles. The van der Waals surface area contributed by atoms with Crippen molar-refractivity contribution in [1.29, 1.82) is 0 Å². The molecule has 0 spiro atoms. The van der Waals surface area contributed by atoms with Crippen molar-refractivity contribution in [3.05, 3.63) is 10.8 Å². The Balaban J connectivity index is 4.07. The van der Waals surface area contributed by atoms with Crippen LogP contribution in [0, 0.1) is 0 Å². The average Bonchev–Trinajstić information content (AvgIpc) is 1.61. The molecule has 48 valence electrons. The van der Waals surface area contributed by atoms with Gasteiger partial charge in [-0.2, -0.15) is 0 Å². The monoisotopic (exact) mass is 156 g/mol. The Labute approximate surface area is 49.7 Å². The minimum Gasteiger partial charge on any atom is -0.227 e. The van der Waals surface area contributed by atoms with E-state index >= 15 is 0 Å². The van der Waals surface area contributed by atoms with Crippen molar-refractivity contribution in [2.24, 2.45) is 0 Å². The van der Waals surface area contributed by atoms with Gasteiger partial charge in [0.25, 0.3) is 0 Å². The van der Waals surface area contributed by atoms with E-state index in [4.69, 9.17) is 0 Å². The Bertz CT molecular complexity index is 180. The summed E-state index contributed by atoms with van der Waals surface area (Å²) in [7, 11) is -5.39. The van der Waals surface area contributed by atoms with Gasteiger partial charge in [0.1, 0.15) is 0 Å². The molecule has 0 N–H and O–H groups in total. The second-order valence-corrected chi connectivity index (χ2v) is 2.61. The molecule has 0 aliphatic heterocycles. The van der Waals surface area contributed by atoms with Crippen molar-refractivity contribution in [3.63, 3.8) is 0 Å². The van der Waals surface area contributed by atoms with Crippen molar-refractivity contribution in [2.75, 3.05) is 0 Å². The van der Waals surface area contributed by atoms with Gasteiger partial charge in [-0.05, 0) is 0 Å². The summed E-state index contributed by atoms with van der Waals surface area (Å²) in [5.74, 6) is 0. The molecule has 0 aliphatic rings. The van der Waals surface area contributed by atoms with Crippen LogP contribution in [-0.4, -0.2) is 16.8 Å². The van der Waals surface area contributed by atoms with Crippen LogP contribution in [0.2, 0.25) is 0 Å². The molecule has 0 unspecified atom stereocenters. The predicted molar refractivity (Wildman–Crippen MR) is 29.8 cm³/mol. The van der Waals surface area contributed by atoms with Gasteiger partial charge in [-0.25, -0.2) is 16.8 Å². The maximum absolute atomic E-state index is 9.59. The SMILES string of the molecule is O=[SH](=O)/C=C/[SH](=O)=O. The summed E-state index contributed by atoms with van der Waals surface area (Å²) in [6.45, 7) is 0. The zero-order chi connectivity index (χ0) is 6.57. The Morgan fingerprint density at radius 3 is 1.12 bits per heavy atom. The lowest BCUT2D eigenvalue weighted by Crippen LogP contribution is -1.66. The van der Waals surface area contributed by atoms with Crippen molar-refractivity contribution in [2.45, 2.75) is 0 Å². The van der Waals surface area contributed by atoms with Crippen LogP contribution < -0.4 is 0 Å². The largest absolute Gasteiger partial charge is 0.227 e. The number of thiol groups is 2. The molecule has 6 heteroatoms. The summed E-state index contributed by atoms with van der Waals surface area (Å²) in [6.07, 6.45) is 0. The van der Waals surface area contributed by atoms with Gasteiger partial charge in [0.15, 0.2) is 21.4 Å². The lowest BCUT2D eigenvalue weighted by atomic mass is 11.3. The first-order valence-corrected chi connectivity index (χ1v) is 4.07. The highest BCUT2D eigenvalue weighted by Gasteiger charge is 1.72. The quantitative estimate of drug-likeness (QED) is 0.487. The maximum atomic E-state index is 9.59. The predicted octanol–water partition coefficient (Wildman–Crippen LogP) is -1.32. The van der Waals surface area contributed by atoms with E-state index in [1.54, 1.807) is 0 Å². The topological polar surface area (TPSA) is 68.3 Å². The zero-order valence-electron chi connectivity index (χ0n) is 3.68. The summed E-state index contributed by atoms with van der Waals surface area (Å²) in [4.78, 5) is 0. The van der Waals surface area contributed by atoms with Gasteiger partial charge < -0.3 is 0 Å². The molecule has 0 bridgehead atoms. The second kappa shape index (κ2) is 3.62. The molecule has 0 saturated carbocycles. The molecule has 0 radical (unpaired) electrons. The number of rotatable bonds is 2. The Morgan fingerprint density at radius 1 is 0.750 bits per heavy atom. The summed E-state index contributed by atoms with van der Waals surface area (Å²) >= 11 is 0. The summed E-state index contributed by atoms with van der Waals surface area (Å²) in [6, 6.07) is 0. The molecule has 0 atom stereocenters. The molecular weight excluding hydrogens is 152 g/mol. The molecule has 0 heterocycles. The molecule has 0 aromatic rings. The van der Waals surface area contributed by atoms with E-state index in [0.717, 1.165) is 0 Å².